The minimum atomic E-state index is 0.330. The van der Waals surface area contributed by atoms with Crippen molar-refractivity contribution in [2.45, 2.75) is 39.3 Å². The highest BCUT2D eigenvalue weighted by Gasteiger charge is 2.14. The second kappa shape index (κ2) is 6.92. The molecule has 1 nitrogen and oxygen atoms in total. The van der Waals surface area contributed by atoms with Crippen LogP contribution >= 0.6 is 11.6 Å². The lowest BCUT2D eigenvalue weighted by molar-refractivity contribution is 0.455. The fraction of sp³-hybridized carbons (Fsp3) is 0.333. The summed E-state index contributed by atoms with van der Waals surface area (Å²) in [6.45, 7) is 6.59. The van der Waals surface area contributed by atoms with Crippen LogP contribution in [-0.2, 0) is 0 Å². The van der Waals surface area contributed by atoms with Gasteiger partial charge in [-0.25, -0.2) is 0 Å². The molecule has 0 aliphatic rings. The molecule has 0 radical (unpaired) electrons. The molecule has 0 aliphatic heterocycles. The first kappa shape index (κ1) is 15.1. The van der Waals surface area contributed by atoms with Gasteiger partial charge in [0.05, 0.1) is 0 Å². The molecule has 0 fully saturated rings. The Balaban J connectivity index is 2.14. The van der Waals surface area contributed by atoms with Crippen LogP contribution in [0.5, 0.6) is 0 Å². The molecule has 0 aliphatic carbocycles. The summed E-state index contributed by atoms with van der Waals surface area (Å²) in [5, 5.41) is 4.50. The molecule has 0 amide bonds. The standard InChI is InChI=1S/C18H22ClN/c1-4-18(15-9-11-16(19)12-10-15)20-14(3)17-8-6-5-7-13(17)2/h5-12,14,18,20H,4H2,1-3H3. The molecule has 0 saturated heterocycles. The largest absolute Gasteiger partial charge is 0.303 e. The fourth-order valence-corrected chi connectivity index (χ4v) is 2.74. The second-order valence-corrected chi connectivity index (χ2v) is 5.69. The number of benzene rings is 2. The van der Waals surface area contributed by atoms with Gasteiger partial charge in [0.25, 0.3) is 0 Å². The van der Waals surface area contributed by atoms with E-state index in [1.807, 2.05) is 12.1 Å². The normalized spacial score (nSPS) is 14.0. The van der Waals surface area contributed by atoms with Crippen molar-refractivity contribution < 1.29 is 0 Å². The van der Waals surface area contributed by atoms with E-state index < -0.39 is 0 Å². The Morgan fingerprint density at radius 3 is 2.30 bits per heavy atom. The zero-order valence-electron chi connectivity index (χ0n) is 12.4. The maximum atomic E-state index is 5.96. The Morgan fingerprint density at radius 1 is 1.05 bits per heavy atom. The molecule has 2 aromatic rings. The van der Waals surface area contributed by atoms with Gasteiger partial charge in [-0.05, 0) is 49.1 Å². The van der Waals surface area contributed by atoms with E-state index in [1.54, 1.807) is 0 Å². The zero-order valence-corrected chi connectivity index (χ0v) is 13.1. The highest BCUT2D eigenvalue weighted by atomic mass is 35.5. The summed E-state index contributed by atoms with van der Waals surface area (Å²) in [6.07, 6.45) is 1.05. The molecule has 2 atom stereocenters. The van der Waals surface area contributed by atoms with Gasteiger partial charge in [0.1, 0.15) is 0 Å². The molecule has 0 bridgehead atoms. The van der Waals surface area contributed by atoms with Crippen molar-refractivity contribution in [2.75, 3.05) is 0 Å². The highest BCUT2D eigenvalue weighted by molar-refractivity contribution is 6.30. The molecular weight excluding hydrogens is 266 g/mol. The zero-order chi connectivity index (χ0) is 14.5. The van der Waals surface area contributed by atoms with Crippen molar-refractivity contribution in [3.8, 4) is 0 Å². The summed E-state index contributed by atoms with van der Waals surface area (Å²) in [5.41, 5.74) is 3.98. The van der Waals surface area contributed by atoms with E-state index in [1.165, 1.54) is 16.7 Å². The van der Waals surface area contributed by atoms with E-state index in [0.29, 0.717) is 12.1 Å². The van der Waals surface area contributed by atoms with Crippen molar-refractivity contribution in [1.29, 1.82) is 0 Å². The molecule has 0 aromatic heterocycles. The molecule has 0 heterocycles. The van der Waals surface area contributed by atoms with Gasteiger partial charge >= 0.3 is 0 Å². The van der Waals surface area contributed by atoms with Crippen molar-refractivity contribution in [3.05, 3.63) is 70.2 Å². The lowest BCUT2D eigenvalue weighted by atomic mass is 9.99. The third kappa shape index (κ3) is 3.62. The molecule has 20 heavy (non-hydrogen) atoms. The first-order chi connectivity index (χ1) is 9.61. The Kier molecular flexibility index (Phi) is 5.22. The molecule has 0 spiro atoms. The first-order valence-corrected chi connectivity index (χ1v) is 7.56. The Hall–Kier alpha value is -1.31. The first-order valence-electron chi connectivity index (χ1n) is 7.19. The second-order valence-electron chi connectivity index (χ2n) is 5.26. The molecule has 2 rings (SSSR count). The Morgan fingerprint density at radius 2 is 1.70 bits per heavy atom. The van der Waals surface area contributed by atoms with Gasteiger partial charge in [-0.1, -0.05) is 54.9 Å². The lowest BCUT2D eigenvalue weighted by Crippen LogP contribution is -2.24. The lowest BCUT2D eigenvalue weighted by Gasteiger charge is -2.24. The van der Waals surface area contributed by atoms with Crippen molar-refractivity contribution >= 4 is 11.6 Å². The topological polar surface area (TPSA) is 12.0 Å². The van der Waals surface area contributed by atoms with Gasteiger partial charge in [0.2, 0.25) is 0 Å². The number of nitrogens with one attached hydrogen (secondary N) is 1. The maximum absolute atomic E-state index is 5.96. The minimum absolute atomic E-state index is 0.330. The summed E-state index contributed by atoms with van der Waals surface area (Å²) >= 11 is 5.96. The van der Waals surface area contributed by atoms with E-state index in [9.17, 15) is 0 Å². The van der Waals surface area contributed by atoms with Crippen LogP contribution in [0.2, 0.25) is 5.02 Å². The number of rotatable bonds is 5. The number of hydrogen-bond acceptors (Lipinski definition) is 1. The molecule has 0 saturated carbocycles. The van der Waals surface area contributed by atoms with Gasteiger partial charge in [0, 0.05) is 17.1 Å². The average Bonchev–Trinajstić information content (AvgIpc) is 2.46. The predicted octanol–water partition coefficient (Wildman–Crippen LogP) is 5.45. The number of aryl methyl sites for hydroxylation is 1. The van der Waals surface area contributed by atoms with Gasteiger partial charge in [-0.15, -0.1) is 0 Å². The van der Waals surface area contributed by atoms with Crippen molar-refractivity contribution in [1.82, 2.24) is 5.32 Å². The van der Waals surface area contributed by atoms with Gasteiger partial charge in [-0.2, -0.15) is 0 Å². The Labute approximate surface area is 127 Å². The van der Waals surface area contributed by atoms with E-state index in [2.05, 4.69) is 62.5 Å². The molecule has 2 unspecified atom stereocenters. The Bertz CT molecular complexity index is 548. The van der Waals surface area contributed by atoms with Crippen LogP contribution in [0.3, 0.4) is 0 Å². The van der Waals surface area contributed by atoms with Crippen LogP contribution in [0.4, 0.5) is 0 Å². The summed E-state index contributed by atoms with van der Waals surface area (Å²) in [7, 11) is 0. The monoisotopic (exact) mass is 287 g/mol. The fourth-order valence-electron chi connectivity index (χ4n) is 2.61. The van der Waals surface area contributed by atoms with Crippen LogP contribution in [0.25, 0.3) is 0 Å². The van der Waals surface area contributed by atoms with Gasteiger partial charge in [-0.3, -0.25) is 0 Å². The molecule has 2 heteroatoms. The van der Waals surface area contributed by atoms with Crippen molar-refractivity contribution in [3.63, 3.8) is 0 Å². The SMILES string of the molecule is CCC(NC(C)c1ccccc1C)c1ccc(Cl)cc1. The van der Waals surface area contributed by atoms with Crippen LogP contribution in [0, 0.1) is 6.92 Å². The third-order valence-electron chi connectivity index (χ3n) is 3.79. The van der Waals surface area contributed by atoms with Crippen LogP contribution in [0.15, 0.2) is 48.5 Å². The molecule has 106 valence electrons. The van der Waals surface area contributed by atoms with Crippen LogP contribution in [0.1, 0.15) is 49.0 Å². The highest BCUT2D eigenvalue weighted by Crippen LogP contribution is 2.24. The molecule has 1 N–H and O–H groups in total. The molecular formula is C18H22ClN. The quantitative estimate of drug-likeness (QED) is 0.771. The van der Waals surface area contributed by atoms with E-state index >= 15 is 0 Å². The number of hydrogen-bond donors (Lipinski definition) is 1. The summed E-state index contributed by atoms with van der Waals surface area (Å²) < 4.78 is 0. The van der Waals surface area contributed by atoms with E-state index in [0.717, 1.165) is 11.4 Å². The third-order valence-corrected chi connectivity index (χ3v) is 4.04. The summed E-state index contributed by atoms with van der Waals surface area (Å²) in [5.74, 6) is 0. The smallest absolute Gasteiger partial charge is 0.0406 e. The summed E-state index contributed by atoms with van der Waals surface area (Å²) in [4.78, 5) is 0. The van der Waals surface area contributed by atoms with E-state index in [-0.39, 0.29) is 0 Å². The molecule has 2 aromatic carbocycles. The number of halogens is 1. The average molecular weight is 288 g/mol. The predicted molar refractivity (Wildman–Crippen MR) is 87.2 cm³/mol. The van der Waals surface area contributed by atoms with Crippen LogP contribution < -0.4 is 5.32 Å². The summed E-state index contributed by atoms with van der Waals surface area (Å²) in [6, 6.07) is 17.4. The van der Waals surface area contributed by atoms with Gasteiger partial charge < -0.3 is 5.32 Å². The van der Waals surface area contributed by atoms with Crippen LogP contribution in [-0.4, -0.2) is 0 Å². The maximum Gasteiger partial charge on any atom is 0.0406 e. The minimum Gasteiger partial charge on any atom is -0.303 e. The van der Waals surface area contributed by atoms with E-state index in [4.69, 9.17) is 11.6 Å². The van der Waals surface area contributed by atoms with Crippen molar-refractivity contribution in [2.24, 2.45) is 0 Å². The van der Waals surface area contributed by atoms with Gasteiger partial charge in [0.15, 0.2) is 0 Å².